The minimum atomic E-state index is -1.68. The van der Waals surface area contributed by atoms with Crippen molar-refractivity contribution >= 4 is 16.9 Å². The van der Waals surface area contributed by atoms with E-state index in [0.29, 0.717) is 5.39 Å². The van der Waals surface area contributed by atoms with Gasteiger partial charge in [0.25, 0.3) is 0 Å². The van der Waals surface area contributed by atoms with E-state index in [1.165, 1.54) is 18.2 Å². The molecule has 3 rings (SSSR count). The van der Waals surface area contributed by atoms with Gasteiger partial charge in [-0.1, -0.05) is 0 Å². The maximum Gasteiger partial charge on any atom is 0.337 e. The molecule has 1 aliphatic rings. The number of aliphatic hydroxyl groups is 3. The van der Waals surface area contributed by atoms with Crippen LogP contribution in [0.4, 0.5) is 0 Å². The third-order valence-electron chi connectivity index (χ3n) is 3.85. The van der Waals surface area contributed by atoms with Crippen molar-refractivity contribution in [2.24, 2.45) is 0 Å². The number of esters is 1. The molecule has 0 aliphatic carbocycles. The van der Waals surface area contributed by atoms with Gasteiger partial charge in [0.2, 0.25) is 6.29 Å². The fourth-order valence-corrected chi connectivity index (χ4v) is 2.50. The number of rotatable bonds is 3. The number of ether oxygens (including phenoxy) is 3. The van der Waals surface area contributed by atoms with Crippen molar-refractivity contribution in [3.8, 4) is 5.75 Å². The Kier molecular flexibility index (Phi) is 4.73. The highest BCUT2D eigenvalue weighted by Crippen LogP contribution is 2.26. The lowest BCUT2D eigenvalue weighted by atomic mass is 9.99. The number of hydrogen-bond acceptors (Lipinski definition) is 9. The quantitative estimate of drug-likeness (QED) is 0.477. The van der Waals surface area contributed by atoms with Crippen LogP contribution < -0.4 is 10.4 Å². The van der Waals surface area contributed by atoms with E-state index >= 15 is 0 Å². The number of carbonyl (C=O) groups excluding carboxylic acids is 1. The maximum atomic E-state index is 11.6. The first-order valence-electron chi connectivity index (χ1n) is 7.39. The number of benzene rings is 1. The Balaban J connectivity index is 1.85. The molecule has 0 amide bonds. The highest BCUT2D eigenvalue weighted by atomic mass is 16.7. The Morgan fingerprint density at radius 3 is 2.52 bits per heavy atom. The van der Waals surface area contributed by atoms with Gasteiger partial charge < -0.3 is 33.9 Å². The lowest BCUT2D eigenvalue weighted by molar-refractivity contribution is -0.271. The Labute approximate surface area is 141 Å². The van der Waals surface area contributed by atoms with Crippen LogP contribution >= 0.6 is 0 Å². The molecule has 25 heavy (non-hydrogen) atoms. The van der Waals surface area contributed by atoms with Gasteiger partial charge in [0, 0.05) is 17.5 Å². The van der Waals surface area contributed by atoms with E-state index < -0.39 is 42.3 Å². The van der Waals surface area contributed by atoms with Gasteiger partial charge in [-0.05, 0) is 18.2 Å². The van der Waals surface area contributed by atoms with E-state index in [2.05, 4.69) is 4.74 Å². The lowest BCUT2D eigenvalue weighted by Crippen LogP contribution is -2.61. The summed E-state index contributed by atoms with van der Waals surface area (Å²) in [6.45, 7) is 0. The van der Waals surface area contributed by atoms with E-state index in [1.807, 2.05) is 0 Å². The van der Waals surface area contributed by atoms with Crippen molar-refractivity contribution in [1.82, 2.24) is 0 Å². The smallest absolute Gasteiger partial charge is 0.337 e. The first-order valence-corrected chi connectivity index (χ1v) is 7.39. The summed E-state index contributed by atoms with van der Waals surface area (Å²) in [6, 6.07) is 7.39. The molecule has 9 heteroatoms. The Morgan fingerprint density at radius 2 is 1.80 bits per heavy atom. The summed E-state index contributed by atoms with van der Waals surface area (Å²) in [5.41, 5.74) is -0.289. The van der Waals surface area contributed by atoms with Gasteiger partial charge >= 0.3 is 11.6 Å². The second-order valence-corrected chi connectivity index (χ2v) is 5.49. The van der Waals surface area contributed by atoms with Crippen molar-refractivity contribution in [2.75, 3.05) is 7.11 Å². The molecule has 2 aromatic rings. The number of aliphatic hydroxyl groups excluding tert-OH is 3. The first-order chi connectivity index (χ1) is 11.9. The Morgan fingerprint density at radius 1 is 1.08 bits per heavy atom. The number of methoxy groups -OCH3 is 1. The third-order valence-corrected chi connectivity index (χ3v) is 3.85. The van der Waals surface area contributed by atoms with Crippen molar-refractivity contribution in [2.45, 2.75) is 30.7 Å². The predicted octanol–water partition coefficient (Wildman–Crippen LogP) is -0.848. The zero-order valence-electron chi connectivity index (χ0n) is 13.1. The van der Waals surface area contributed by atoms with Crippen LogP contribution in [0.25, 0.3) is 11.0 Å². The van der Waals surface area contributed by atoms with Gasteiger partial charge in [0.15, 0.2) is 6.10 Å². The first kappa shape index (κ1) is 17.4. The van der Waals surface area contributed by atoms with Crippen LogP contribution in [0.2, 0.25) is 0 Å². The van der Waals surface area contributed by atoms with Crippen molar-refractivity contribution in [3.63, 3.8) is 0 Å². The second-order valence-electron chi connectivity index (χ2n) is 5.49. The van der Waals surface area contributed by atoms with Crippen LogP contribution in [0.5, 0.6) is 5.75 Å². The Bertz CT molecular complexity index is 830. The molecular weight excluding hydrogens is 336 g/mol. The summed E-state index contributed by atoms with van der Waals surface area (Å²) < 4.78 is 20.2. The van der Waals surface area contributed by atoms with Crippen LogP contribution in [0.3, 0.4) is 0 Å². The summed E-state index contributed by atoms with van der Waals surface area (Å²) in [4.78, 5) is 22.9. The van der Waals surface area contributed by atoms with Crippen LogP contribution in [-0.4, -0.2) is 59.1 Å². The average molecular weight is 352 g/mol. The molecule has 0 unspecified atom stereocenters. The minimum Gasteiger partial charge on any atom is -0.467 e. The molecule has 5 atom stereocenters. The largest absolute Gasteiger partial charge is 0.467 e. The second kappa shape index (κ2) is 6.81. The van der Waals surface area contributed by atoms with E-state index in [4.69, 9.17) is 13.9 Å². The van der Waals surface area contributed by atoms with Gasteiger partial charge in [0.05, 0.1) is 7.11 Å². The van der Waals surface area contributed by atoms with E-state index in [1.54, 1.807) is 12.1 Å². The lowest BCUT2D eigenvalue weighted by Gasteiger charge is -2.38. The van der Waals surface area contributed by atoms with E-state index in [-0.39, 0.29) is 11.3 Å². The molecule has 1 fully saturated rings. The molecule has 1 aliphatic heterocycles. The molecule has 1 aromatic carbocycles. The van der Waals surface area contributed by atoms with Crippen molar-refractivity contribution in [1.29, 1.82) is 0 Å². The molecule has 3 N–H and O–H groups in total. The van der Waals surface area contributed by atoms with Gasteiger partial charge in [-0.2, -0.15) is 0 Å². The van der Waals surface area contributed by atoms with E-state index in [9.17, 15) is 24.9 Å². The van der Waals surface area contributed by atoms with Crippen LogP contribution in [0, 0.1) is 0 Å². The summed E-state index contributed by atoms with van der Waals surface area (Å²) in [5, 5.41) is 30.4. The fraction of sp³-hybridized carbons (Fsp3) is 0.375. The normalized spacial score (nSPS) is 29.4. The van der Waals surface area contributed by atoms with Crippen molar-refractivity contribution < 1.29 is 38.7 Å². The van der Waals surface area contributed by atoms with Crippen molar-refractivity contribution in [3.05, 3.63) is 40.8 Å². The third kappa shape index (κ3) is 3.35. The molecule has 1 saturated heterocycles. The molecule has 0 radical (unpaired) electrons. The summed E-state index contributed by atoms with van der Waals surface area (Å²) >= 11 is 0. The molecule has 2 heterocycles. The molecule has 0 saturated carbocycles. The SMILES string of the molecule is COC(=O)[C@@H]1O[C@H](Oc2ccc3ccc(=O)oc3c2)[C@@H](O)[C@H](O)[C@H]1O. The summed E-state index contributed by atoms with van der Waals surface area (Å²) in [7, 11) is 1.09. The van der Waals surface area contributed by atoms with Gasteiger partial charge in [-0.3, -0.25) is 0 Å². The maximum absolute atomic E-state index is 11.6. The molecule has 9 nitrogen and oxygen atoms in total. The highest BCUT2D eigenvalue weighted by molar-refractivity contribution is 5.77. The topological polar surface area (TPSA) is 136 Å². The molecule has 0 bridgehead atoms. The standard InChI is InChI=1S/C16H16O9/c1-22-15(21)14-12(19)11(18)13(20)16(25-14)23-8-4-2-7-3-5-10(17)24-9(7)6-8/h2-6,11-14,16,18-20H,1H3/t11-,12-,13+,14-,16+/m1/s1. The highest BCUT2D eigenvalue weighted by Gasteiger charge is 2.48. The van der Waals surface area contributed by atoms with Crippen LogP contribution in [0.1, 0.15) is 0 Å². The predicted molar refractivity (Wildman–Crippen MR) is 81.8 cm³/mol. The zero-order chi connectivity index (χ0) is 18.1. The van der Waals surface area contributed by atoms with Gasteiger partial charge in [0.1, 0.15) is 29.6 Å². The molecule has 0 spiro atoms. The van der Waals surface area contributed by atoms with E-state index in [0.717, 1.165) is 7.11 Å². The summed E-state index contributed by atoms with van der Waals surface area (Å²) in [6.07, 6.45) is -7.94. The molecular formula is C16H16O9. The fourth-order valence-electron chi connectivity index (χ4n) is 2.50. The summed E-state index contributed by atoms with van der Waals surface area (Å²) in [5.74, 6) is -0.755. The monoisotopic (exact) mass is 352 g/mol. The average Bonchev–Trinajstić information content (AvgIpc) is 2.61. The zero-order valence-corrected chi connectivity index (χ0v) is 13.1. The van der Waals surface area contributed by atoms with Gasteiger partial charge in [-0.15, -0.1) is 0 Å². The van der Waals surface area contributed by atoms with Crippen LogP contribution in [-0.2, 0) is 14.3 Å². The van der Waals surface area contributed by atoms with Crippen LogP contribution in [0.15, 0.2) is 39.5 Å². The molecule has 134 valence electrons. The van der Waals surface area contributed by atoms with Gasteiger partial charge in [-0.25, -0.2) is 9.59 Å². The Hall–Kier alpha value is -2.46. The molecule has 1 aromatic heterocycles. The number of hydrogen-bond donors (Lipinski definition) is 3. The number of carbonyl (C=O) groups is 1. The minimum absolute atomic E-state index is 0.165. The number of fused-ring (bicyclic) bond motifs is 1.